The Balaban J connectivity index is 2.03. The molecule has 1 N–H and O–H groups in total. The lowest BCUT2D eigenvalue weighted by atomic mass is 10.1. The summed E-state index contributed by atoms with van der Waals surface area (Å²) in [5.74, 6) is -0.0541. The number of hydrogen-bond acceptors (Lipinski definition) is 6. The molecule has 9 nitrogen and oxygen atoms in total. The molecule has 3 aromatic rings. The van der Waals surface area contributed by atoms with Crippen LogP contribution in [-0.4, -0.2) is 32.9 Å². The number of nitro groups is 1. The molecule has 0 unspecified atom stereocenters. The maximum Gasteiger partial charge on any atom is 0.273 e. The van der Waals surface area contributed by atoms with Crippen molar-refractivity contribution < 1.29 is 22.9 Å². The summed E-state index contributed by atoms with van der Waals surface area (Å²) in [6.45, 7) is 4.74. The molecule has 0 heterocycles. The fourth-order valence-electron chi connectivity index (χ4n) is 3.34. The van der Waals surface area contributed by atoms with Crippen LogP contribution in [0.2, 0.25) is 0 Å². The molecule has 3 rings (SSSR count). The number of anilines is 2. The summed E-state index contributed by atoms with van der Waals surface area (Å²) in [7, 11) is -2.85. The van der Waals surface area contributed by atoms with Crippen molar-refractivity contribution in [3.8, 4) is 5.75 Å². The SMILES string of the molecule is COc1ccc(N(CC(=O)Nc2cccc(C)c2C)S(=O)(=O)c2ccc(C)c([N+](=O)[O-])c2)cc1. The predicted octanol–water partition coefficient (Wildman–Crippen LogP) is 4.36. The van der Waals surface area contributed by atoms with Crippen LogP contribution in [0.3, 0.4) is 0 Å². The first kappa shape index (κ1) is 24.7. The first-order chi connectivity index (χ1) is 16.0. The highest BCUT2D eigenvalue weighted by molar-refractivity contribution is 7.92. The number of nitrogens with zero attached hydrogens (tertiary/aromatic N) is 2. The van der Waals surface area contributed by atoms with E-state index in [4.69, 9.17) is 4.74 Å². The summed E-state index contributed by atoms with van der Waals surface area (Å²) in [5.41, 5.74) is 2.62. The monoisotopic (exact) mass is 483 g/mol. The van der Waals surface area contributed by atoms with Gasteiger partial charge in [-0.05, 0) is 68.3 Å². The zero-order valence-corrected chi connectivity index (χ0v) is 20.0. The number of sulfonamides is 1. The van der Waals surface area contributed by atoms with Crippen LogP contribution in [0.1, 0.15) is 16.7 Å². The summed E-state index contributed by atoms with van der Waals surface area (Å²) in [6, 6.07) is 15.2. The van der Waals surface area contributed by atoms with Crippen molar-refractivity contribution in [1.29, 1.82) is 0 Å². The Hall–Kier alpha value is -3.92. The number of aryl methyl sites for hydroxylation is 2. The molecular weight excluding hydrogens is 458 g/mol. The van der Waals surface area contributed by atoms with Crippen molar-refractivity contribution in [2.45, 2.75) is 25.7 Å². The minimum absolute atomic E-state index is 0.208. The summed E-state index contributed by atoms with van der Waals surface area (Å²) < 4.78 is 33.2. The highest BCUT2D eigenvalue weighted by Gasteiger charge is 2.29. The van der Waals surface area contributed by atoms with Crippen molar-refractivity contribution in [1.82, 2.24) is 0 Å². The van der Waals surface area contributed by atoms with E-state index in [1.807, 2.05) is 19.9 Å². The van der Waals surface area contributed by atoms with E-state index >= 15 is 0 Å². The number of nitro benzene ring substituents is 1. The number of methoxy groups -OCH3 is 1. The first-order valence-electron chi connectivity index (χ1n) is 10.3. The van der Waals surface area contributed by atoms with Crippen molar-refractivity contribution in [2.24, 2.45) is 0 Å². The Labute approximate surface area is 198 Å². The Morgan fingerprint density at radius 1 is 1.03 bits per heavy atom. The molecule has 0 spiro atoms. The van der Waals surface area contributed by atoms with Crippen molar-refractivity contribution in [3.05, 3.63) is 87.5 Å². The lowest BCUT2D eigenvalue weighted by Crippen LogP contribution is -2.38. The van der Waals surface area contributed by atoms with Gasteiger partial charge in [0.25, 0.3) is 15.7 Å². The molecule has 0 bridgehead atoms. The molecule has 0 fully saturated rings. The second-order valence-corrected chi connectivity index (χ2v) is 9.57. The van der Waals surface area contributed by atoms with Crippen LogP contribution in [-0.2, 0) is 14.8 Å². The van der Waals surface area contributed by atoms with Crippen LogP contribution in [0.15, 0.2) is 65.6 Å². The Morgan fingerprint density at radius 2 is 1.71 bits per heavy atom. The van der Waals surface area contributed by atoms with Crippen LogP contribution < -0.4 is 14.4 Å². The number of rotatable bonds is 8. The van der Waals surface area contributed by atoms with Gasteiger partial charge in [0.15, 0.2) is 0 Å². The summed E-state index contributed by atoms with van der Waals surface area (Å²) in [6.07, 6.45) is 0. The van der Waals surface area contributed by atoms with Crippen LogP contribution in [0.25, 0.3) is 0 Å². The van der Waals surface area contributed by atoms with Gasteiger partial charge in [0, 0.05) is 17.3 Å². The van der Waals surface area contributed by atoms with Crippen molar-refractivity contribution in [2.75, 3.05) is 23.3 Å². The fourth-order valence-corrected chi connectivity index (χ4v) is 4.79. The van der Waals surface area contributed by atoms with Gasteiger partial charge in [-0.25, -0.2) is 8.42 Å². The number of carbonyl (C=O) groups is 1. The van der Waals surface area contributed by atoms with E-state index in [1.165, 1.54) is 38.3 Å². The lowest BCUT2D eigenvalue weighted by Gasteiger charge is -2.24. The van der Waals surface area contributed by atoms with E-state index in [1.54, 1.807) is 24.3 Å². The number of hydrogen-bond donors (Lipinski definition) is 1. The van der Waals surface area contributed by atoms with E-state index in [9.17, 15) is 23.3 Å². The van der Waals surface area contributed by atoms with Gasteiger partial charge in [0.05, 0.1) is 22.6 Å². The van der Waals surface area contributed by atoms with Crippen LogP contribution in [0.4, 0.5) is 17.1 Å². The third-order valence-corrected chi connectivity index (χ3v) is 7.26. The van der Waals surface area contributed by atoms with Gasteiger partial charge in [-0.1, -0.05) is 18.2 Å². The average molecular weight is 484 g/mol. The van der Waals surface area contributed by atoms with E-state index in [2.05, 4.69) is 5.32 Å². The van der Waals surface area contributed by atoms with E-state index in [0.29, 0.717) is 17.0 Å². The molecule has 1 amide bonds. The topological polar surface area (TPSA) is 119 Å². The molecule has 10 heteroatoms. The average Bonchev–Trinajstić information content (AvgIpc) is 2.80. The molecular formula is C24H25N3O6S. The number of ether oxygens (including phenoxy) is 1. The number of benzene rings is 3. The number of amides is 1. The molecule has 0 aliphatic heterocycles. The van der Waals surface area contributed by atoms with E-state index < -0.39 is 27.4 Å². The van der Waals surface area contributed by atoms with Gasteiger partial charge in [-0.2, -0.15) is 0 Å². The van der Waals surface area contributed by atoms with Gasteiger partial charge in [0.2, 0.25) is 5.91 Å². The smallest absolute Gasteiger partial charge is 0.273 e. The highest BCUT2D eigenvalue weighted by Crippen LogP contribution is 2.29. The molecule has 0 atom stereocenters. The quantitative estimate of drug-likeness (QED) is 0.376. The van der Waals surface area contributed by atoms with Gasteiger partial charge < -0.3 is 10.1 Å². The van der Waals surface area contributed by atoms with E-state index in [0.717, 1.165) is 21.5 Å². The standard InChI is InChI=1S/C24H25N3O6S/c1-16-6-5-7-22(18(16)3)25-24(28)15-26(19-9-11-20(33-4)12-10-19)34(31,32)21-13-8-17(2)23(14-21)27(29)30/h5-14H,15H2,1-4H3,(H,25,28). The van der Waals surface area contributed by atoms with Gasteiger partial charge in [0.1, 0.15) is 12.3 Å². The summed E-state index contributed by atoms with van der Waals surface area (Å²) in [4.78, 5) is 23.4. The molecule has 0 aliphatic carbocycles. The van der Waals surface area contributed by atoms with Crippen molar-refractivity contribution in [3.63, 3.8) is 0 Å². The highest BCUT2D eigenvalue weighted by atomic mass is 32.2. The second kappa shape index (κ2) is 9.92. The van der Waals surface area contributed by atoms with Crippen LogP contribution in [0.5, 0.6) is 5.75 Å². The molecule has 3 aromatic carbocycles. The zero-order chi connectivity index (χ0) is 25.0. The minimum Gasteiger partial charge on any atom is -0.497 e. The molecule has 34 heavy (non-hydrogen) atoms. The summed E-state index contributed by atoms with van der Waals surface area (Å²) in [5, 5.41) is 14.1. The number of carbonyl (C=O) groups excluding carboxylic acids is 1. The third-order valence-electron chi connectivity index (χ3n) is 5.49. The first-order valence-corrected chi connectivity index (χ1v) is 11.8. The second-order valence-electron chi connectivity index (χ2n) is 7.71. The predicted molar refractivity (Wildman–Crippen MR) is 130 cm³/mol. The molecule has 0 aliphatic rings. The van der Waals surface area contributed by atoms with Crippen LogP contribution in [0, 0.1) is 30.9 Å². The van der Waals surface area contributed by atoms with Gasteiger partial charge in [-0.15, -0.1) is 0 Å². The Kier molecular flexibility index (Phi) is 7.21. The Morgan fingerprint density at radius 3 is 2.32 bits per heavy atom. The molecule has 0 aromatic heterocycles. The van der Waals surface area contributed by atoms with Gasteiger partial charge in [-0.3, -0.25) is 19.2 Å². The summed E-state index contributed by atoms with van der Waals surface area (Å²) >= 11 is 0. The minimum atomic E-state index is -4.32. The fraction of sp³-hybridized carbons (Fsp3) is 0.208. The number of nitrogens with one attached hydrogen (secondary N) is 1. The maximum atomic E-state index is 13.6. The molecule has 178 valence electrons. The Bertz CT molecular complexity index is 1340. The molecule has 0 saturated carbocycles. The normalized spacial score (nSPS) is 11.1. The zero-order valence-electron chi connectivity index (χ0n) is 19.2. The lowest BCUT2D eigenvalue weighted by molar-refractivity contribution is -0.385. The maximum absolute atomic E-state index is 13.6. The molecule has 0 radical (unpaired) electrons. The van der Waals surface area contributed by atoms with E-state index in [-0.39, 0.29) is 16.3 Å². The largest absolute Gasteiger partial charge is 0.497 e. The molecule has 0 saturated heterocycles. The van der Waals surface area contributed by atoms with Crippen LogP contribution >= 0.6 is 0 Å². The third kappa shape index (κ3) is 5.18. The van der Waals surface area contributed by atoms with Crippen molar-refractivity contribution >= 4 is 33.0 Å². The van der Waals surface area contributed by atoms with Gasteiger partial charge >= 0.3 is 0 Å².